The SMILES string of the molecule is CCCOc1cc(N2CCC(COC)C2)c(N)cc1F. The fourth-order valence-electron chi connectivity index (χ4n) is 2.58. The number of benzene rings is 1. The standard InChI is InChI=1S/C15H23FN2O2/c1-3-6-20-15-8-14(13(17)7-12(15)16)18-5-4-11(9-18)10-19-2/h7-8,11H,3-6,9-10,17H2,1-2H3. The minimum Gasteiger partial charge on any atom is -0.490 e. The van der Waals surface area contributed by atoms with Gasteiger partial charge in [0.2, 0.25) is 0 Å². The molecule has 1 unspecified atom stereocenters. The summed E-state index contributed by atoms with van der Waals surface area (Å²) >= 11 is 0. The molecule has 0 bridgehead atoms. The summed E-state index contributed by atoms with van der Waals surface area (Å²) in [5.41, 5.74) is 7.27. The normalized spacial score (nSPS) is 18.6. The monoisotopic (exact) mass is 282 g/mol. The Morgan fingerprint density at radius 3 is 2.95 bits per heavy atom. The van der Waals surface area contributed by atoms with Crippen LogP contribution in [0, 0.1) is 11.7 Å². The summed E-state index contributed by atoms with van der Waals surface area (Å²) in [5, 5.41) is 0. The lowest BCUT2D eigenvalue weighted by atomic mass is 10.1. The molecule has 1 heterocycles. The smallest absolute Gasteiger partial charge is 0.167 e. The van der Waals surface area contributed by atoms with E-state index in [1.807, 2.05) is 6.92 Å². The molecule has 0 aromatic heterocycles. The van der Waals surface area contributed by atoms with E-state index in [0.717, 1.165) is 38.2 Å². The van der Waals surface area contributed by atoms with E-state index in [0.29, 0.717) is 18.2 Å². The van der Waals surface area contributed by atoms with Crippen LogP contribution in [-0.4, -0.2) is 33.4 Å². The Morgan fingerprint density at radius 1 is 1.45 bits per heavy atom. The Labute approximate surface area is 119 Å². The molecule has 2 rings (SSSR count). The van der Waals surface area contributed by atoms with Crippen LogP contribution in [0.4, 0.5) is 15.8 Å². The highest BCUT2D eigenvalue weighted by molar-refractivity contribution is 5.70. The van der Waals surface area contributed by atoms with Crippen LogP contribution in [0.3, 0.4) is 0 Å². The summed E-state index contributed by atoms with van der Waals surface area (Å²) in [6, 6.07) is 3.07. The van der Waals surface area contributed by atoms with Gasteiger partial charge < -0.3 is 20.1 Å². The minimum absolute atomic E-state index is 0.284. The van der Waals surface area contributed by atoms with Crippen molar-refractivity contribution in [3.63, 3.8) is 0 Å². The van der Waals surface area contributed by atoms with Gasteiger partial charge in [-0.25, -0.2) is 4.39 Å². The number of rotatable bonds is 6. The van der Waals surface area contributed by atoms with E-state index in [9.17, 15) is 4.39 Å². The van der Waals surface area contributed by atoms with Crippen LogP contribution >= 0.6 is 0 Å². The van der Waals surface area contributed by atoms with Crippen molar-refractivity contribution in [2.75, 3.05) is 44.0 Å². The molecule has 1 aromatic rings. The molecule has 0 saturated carbocycles. The lowest BCUT2D eigenvalue weighted by molar-refractivity contribution is 0.161. The van der Waals surface area contributed by atoms with Gasteiger partial charge in [0.1, 0.15) is 0 Å². The second kappa shape index (κ2) is 6.79. The van der Waals surface area contributed by atoms with E-state index in [4.69, 9.17) is 15.2 Å². The highest BCUT2D eigenvalue weighted by Crippen LogP contribution is 2.34. The predicted molar refractivity (Wildman–Crippen MR) is 78.8 cm³/mol. The number of hydrogen-bond acceptors (Lipinski definition) is 4. The van der Waals surface area contributed by atoms with E-state index in [-0.39, 0.29) is 5.75 Å². The Morgan fingerprint density at radius 2 is 2.25 bits per heavy atom. The average molecular weight is 282 g/mol. The highest BCUT2D eigenvalue weighted by atomic mass is 19.1. The van der Waals surface area contributed by atoms with Crippen molar-refractivity contribution >= 4 is 11.4 Å². The minimum atomic E-state index is -0.396. The quantitative estimate of drug-likeness (QED) is 0.815. The number of nitrogens with two attached hydrogens (primary N) is 1. The third-order valence-electron chi connectivity index (χ3n) is 3.57. The van der Waals surface area contributed by atoms with Crippen molar-refractivity contribution in [3.05, 3.63) is 17.9 Å². The first kappa shape index (κ1) is 14.9. The first-order chi connectivity index (χ1) is 9.65. The van der Waals surface area contributed by atoms with Gasteiger partial charge in [-0.3, -0.25) is 0 Å². The number of anilines is 2. The Bertz CT molecular complexity index is 454. The molecule has 20 heavy (non-hydrogen) atoms. The molecule has 0 amide bonds. The van der Waals surface area contributed by atoms with E-state index in [1.54, 1.807) is 13.2 Å². The summed E-state index contributed by atoms with van der Waals surface area (Å²) in [6.07, 6.45) is 1.91. The molecule has 1 aliphatic rings. The van der Waals surface area contributed by atoms with Gasteiger partial charge in [-0.05, 0) is 12.8 Å². The zero-order valence-electron chi connectivity index (χ0n) is 12.2. The van der Waals surface area contributed by atoms with Gasteiger partial charge in [0.05, 0.1) is 24.6 Å². The van der Waals surface area contributed by atoms with Crippen LogP contribution in [0.2, 0.25) is 0 Å². The molecule has 1 fully saturated rings. The molecule has 1 saturated heterocycles. The van der Waals surface area contributed by atoms with Crippen molar-refractivity contribution < 1.29 is 13.9 Å². The van der Waals surface area contributed by atoms with Gasteiger partial charge in [0.25, 0.3) is 0 Å². The van der Waals surface area contributed by atoms with E-state index >= 15 is 0 Å². The zero-order chi connectivity index (χ0) is 14.5. The Kier molecular flexibility index (Phi) is 5.06. The third-order valence-corrected chi connectivity index (χ3v) is 3.57. The molecule has 4 nitrogen and oxygen atoms in total. The summed E-state index contributed by atoms with van der Waals surface area (Å²) in [5.74, 6) is 0.392. The largest absolute Gasteiger partial charge is 0.490 e. The van der Waals surface area contributed by atoms with Crippen LogP contribution in [0.15, 0.2) is 12.1 Å². The Balaban J connectivity index is 2.14. The van der Waals surface area contributed by atoms with E-state index in [2.05, 4.69) is 4.90 Å². The summed E-state index contributed by atoms with van der Waals surface area (Å²) in [6.45, 7) is 5.04. The van der Waals surface area contributed by atoms with Crippen molar-refractivity contribution in [1.82, 2.24) is 0 Å². The molecule has 2 N–H and O–H groups in total. The van der Waals surface area contributed by atoms with Crippen molar-refractivity contribution in [3.8, 4) is 5.75 Å². The van der Waals surface area contributed by atoms with Crippen LogP contribution in [0.5, 0.6) is 5.75 Å². The molecule has 1 aliphatic heterocycles. The molecule has 0 spiro atoms. The number of halogens is 1. The fourth-order valence-corrected chi connectivity index (χ4v) is 2.58. The number of nitrogen functional groups attached to an aromatic ring is 1. The number of nitrogens with zero attached hydrogens (tertiary/aromatic N) is 1. The van der Waals surface area contributed by atoms with Gasteiger partial charge in [0, 0.05) is 38.2 Å². The molecular weight excluding hydrogens is 259 g/mol. The second-order valence-electron chi connectivity index (χ2n) is 5.25. The predicted octanol–water partition coefficient (Wildman–Crippen LogP) is 2.67. The lowest BCUT2D eigenvalue weighted by Gasteiger charge is -2.22. The van der Waals surface area contributed by atoms with Gasteiger partial charge in [-0.1, -0.05) is 6.92 Å². The fraction of sp³-hybridized carbons (Fsp3) is 0.600. The second-order valence-corrected chi connectivity index (χ2v) is 5.25. The maximum absolute atomic E-state index is 13.8. The van der Waals surface area contributed by atoms with E-state index in [1.165, 1.54) is 6.07 Å². The lowest BCUT2D eigenvalue weighted by Crippen LogP contribution is -2.22. The zero-order valence-corrected chi connectivity index (χ0v) is 12.2. The molecule has 0 aliphatic carbocycles. The number of methoxy groups -OCH3 is 1. The van der Waals surface area contributed by atoms with Crippen LogP contribution in [0.25, 0.3) is 0 Å². The van der Waals surface area contributed by atoms with Gasteiger partial charge in [0.15, 0.2) is 11.6 Å². The van der Waals surface area contributed by atoms with Crippen molar-refractivity contribution in [2.24, 2.45) is 5.92 Å². The summed E-state index contributed by atoms with van der Waals surface area (Å²) in [4.78, 5) is 2.18. The highest BCUT2D eigenvalue weighted by Gasteiger charge is 2.25. The van der Waals surface area contributed by atoms with Crippen LogP contribution in [-0.2, 0) is 4.74 Å². The first-order valence-corrected chi connectivity index (χ1v) is 7.11. The third kappa shape index (κ3) is 3.33. The van der Waals surface area contributed by atoms with Crippen molar-refractivity contribution in [2.45, 2.75) is 19.8 Å². The van der Waals surface area contributed by atoms with Crippen LogP contribution in [0.1, 0.15) is 19.8 Å². The van der Waals surface area contributed by atoms with Gasteiger partial charge in [-0.15, -0.1) is 0 Å². The Hall–Kier alpha value is -1.49. The molecular formula is C15H23FN2O2. The van der Waals surface area contributed by atoms with Crippen LogP contribution < -0.4 is 15.4 Å². The maximum Gasteiger partial charge on any atom is 0.167 e. The molecule has 1 atom stereocenters. The molecule has 112 valence electrons. The summed E-state index contributed by atoms with van der Waals surface area (Å²) in [7, 11) is 1.71. The first-order valence-electron chi connectivity index (χ1n) is 7.11. The maximum atomic E-state index is 13.8. The number of hydrogen-bond donors (Lipinski definition) is 1. The average Bonchev–Trinajstić information content (AvgIpc) is 2.87. The molecule has 5 heteroatoms. The molecule has 1 aromatic carbocycles. The van der Waals surface area contributed by atoms with E-state index < -0.39 is 5.82 Å². The van der Waals surface area contributed by atoms with Crippen molar-refractivity contribution in [1.29, 1.82) is 0 Å². The summed E-state index contributed by atoms with van der Waals surface area (Å²) < 4.78 is 24.4. The number of ether oxygens (including phenoxy) is 2. The van der Waals surface area contributed by atoms with Gasteiger partial charge in [-0.2, -0.15) is 0 Å². The molecule has 0 radical (unpaired) electrons. The topological polar surface area (TPSA) is 47.7 Å². The van der Waals surface area contributed by atoms with Gasteiger partial charge >= 0.3 is 0 Å².